The average Bonchev–Trinajstić information content (AvgIpc) is 2.31. The van der Waals surface area contributed by atoms with Crippen LogP contribution in [0.15, 0.2) is 54.9 Å². The molecule has 0 aliphatic rings. The Hall–Kier alpha value is -1.87. The minimum atomic E-state index is -0.115. The Morgan fingerprint density at radius 3 is 2.24 bits per heavy atom. The van der Waals surface area contributed by atoms with E-state index in [0.29, 0.717) is 5.56 Å². The minimum Gasteiger partial charge on any atom is -1.00 e. The van der Waals surface area contributed by atoms with Crippen molar-refractivity contribution >= 4 is 5.91 Å². The first-order valence-corrected chi connectivity index (χ1v) is 5.10. The zero-order valence-electron chi connectivity index (χ0n) is 9.43. The van der Waals surface area contributed by atoms with Crippen molar-refractivity contribution in [2.75, 3.05) is 5.43 Å². The fraction of sp³-hybridized carbons (Fsp3) is 0.0769. The number of benzene rings is 1. The van der Waals surface area contributed by atoms with Crippen molar-refractivity contribution in [2.24, 2.45) is 0 Å². The first kappa shape index (κ1) is 13.2. The summed E-state index contributed by atoms with van der Waals surface area (Å²) in [6, 6.07) is 13.1. The second-order valence-corrected chi connectivity index (χ2v) is 3.59. The van der Waals surface area contributed by atoms with E-state index in [1.165, 1.54) is 0 Å². The molecule has 4 heteroatoms. The summed E-state index contributed by atoms with van der Waals surface area (Å²) in [4.78, 5) is 11.8. The second kappa shape index (κ2) is 6.01. The predicted octanol–water partition coefficient (Wildman–Crippen LogP) is -1.33. The van der Waals surface area contributed by atoms with E-state index in [-0.39, 0.29) is 18.3 Å². The molecule has 1 N–H and O–H groups in total. The molecule has 0 atom stereocenters. The summed E-state index contributed by atoms with van der Waals surface area (Å²) in [5.41, 5.74) is 4.55. The van der Waals surface area contributed by atoms with Gasteiger partial charge < -0.3 is 12.4 Å². The largest absolute Gasteiger partial charge is 1.00 e. The maximum Gasteiger partial charge on any atom is 0.305 e. The fourth-order valence-corrected chi connectivity index (χ4v) is 1.36. The third-order valence-corrected chi connectivity index (χ3v) is 2.26. The SMILES string of the molecule is Cc1ccc(C(=O)N[n+]2ccccc2)cc1.[Cl-]. The van der Waals surface area contributed by atoms with Crippen LogP contribution in [0.3, 0.4) is 0 Å². The van der Waals surface area contributed by atoms with Gasteiger partial charge in [-0.05, 0) is 19.1 Å². The lowest BCUT2D eigenvalue weighted by Gasteiger charge is -1.99. The first-order chi connectivity index (χ1) is 7.75. The molecule has 0 aliphatic carbocycles. The van der Waals surface area contributed by atoms with Gasteiger partial charge in [0.1, 0.15) is 0 Å². The van der Waals surface area contributed by atoms with Crippen molar-refractivity contribution in [3.8, 4) is 0 Å². The van der Waals surface area contributed by atoms with Gasteiger partial charge in [0.05, 0.1) is 0 Å². The number of aromatic nitrogens is 1. The highest BCUT2D eigenvalue weighted by Crippen LogP contribution is 2.02. The van der Waals surface area contributed by atoms with Crippen LogP contribution in [0.5, 0.6) is 0 Å². The maximum atomic E-state index is 11.8. The van der Waals surface area contributed by atoms with E-state index >= 15 is 0 Å². The second-order valence-electron chi connectivity index (χ2n) is 3.59. The normalized spacial score (nSPS) is 9.24. The zero-order chi connectivity index (χ0) is 11.4. The van der Waals surface area contributed by atoms with Crippen LogP contribution >= 0.6 is 0 Å². The number of aryl methyl sites for hydroxylation is 1. The number of nitrogens with zero attached hydrogens (tertiary/aromatic N) is 1. The zero-order valence-corrected chi connectivity index (χ0v) is 10.2. The first-order valence-electron chi connectivity index (χ1n) is 5.10. The van der Waals surface area contributed by atoms with Gasteiger partial charge in [-0.1, -0.05) is 28.4 Å². The van der Waals surface area contributed by atoms with Crippen molar-refractivity contribution < 1.29 is 21.9 Å². The monoisotopic (exact) mass is 248 g/mol. The van der Waals surface area contributed by atoms with Gasteiger partial charge in [-0.2, -0.15) is 0 Å². The Labute approximate surface area is 106 Å². The summed E-state index contributed by atoms with van der Waals surface area (Å²) in [6.07, 6.45) is 3.57. The Balaban J connectivity index is 0.00000144. The molecule has 1 aromatic carbocycles. The highest BCUT2D eigenvalue weighted by molar-refractivity contribution is 5.98. The molecule has 0 saturated carbocycles. The van der Waals surface area contributed by atoms with Gasteiger partial charge in [0, 0.05) is 17.7 Å². The van der Waals surface area contributed by atoms with E-state index < -0.39 is 0 Å². The van der Waals surface area contributed by atoms with Crippen LogP contribution in [-0.2, 0) is 0 Å². The number of hydrogen-bond acceptors (Lipinski definition) is 1. The third-order valence-electron chi connectivity index (χ3n) is 2.26. The molecule has 0 saturated heterocycles. The molecule has 2 rings (SSSR count). The van der Waals surface area contributed by atoms with Gasteiger partial charge in [-0.3, -0.25) is 4.79 Å². The summed E-state index contributed by atoms with van der Waals surface area (Å²) in [6.45, 7) is 1.99. The molecule has 88 valence electrons. The van der Waals surface area contributed by atoms with Gasteiger partial charge in [-0.15, -0.1) is 5.43 Å². The van der Waals surface area contributed by atoms with Crippen molar-refractivity contribution in [1.82, 2.24) is 0 Å². The maximum absolute atomic E-state index is 11.8. The van der Waals surface area contributed by atoms with Crippen molar-refractivity contribution in [2.45, 2.75) is 6.92 Å². The Bertz CT molecular complexity index is 483. The Kier molecular flexibility index (Phi) is 4.67. The molecule has 1 heterocycles. The van der Waals surface area contributed by atoms with Crippen LogP contribution in [-0.4, -0.2) is 5.91 Å². The van der Waals surface area contributed by atoms with E-state index in [4.69, 9.17) is 0 Å². The smallest absolute Gasteiger partial charge is 0.305 e. The quantitative estimate of drug-likeness (QED) is 0.657. The molecule has 0 aliphatic heterocycles. The molecule has 0 unspecified atom stereocenters. The summed E-state index contributed by atoms with van der Waals surface area (Å²) >= 11 is 0. The molecular formula is C13H13ClN2O. The molecule has 0 spiro atoms. The topological polar surface area (TPSA) is 33.0 Å². The highest BCUT2D eigenvalue weighted by Gasteiger charge is 2.08. The molecule has 17 heavy (non-hydrogen) atoms. The molecule has 1 aromatic heterocycles. The number of nitrogens with one attached hydrogen (secondary N) is 1. The molecule has 0 fully saturated rings. The number of pyridine rings is 1. The fourth-order valence-electron chi connectivity index (χ4n) is 1.36. The van der Waals surface area contributed by atoms with Crippen LogP contribution in [0.4, 0.5) is 0 Å². The van der Waals surface area contributed by atoms with Crippen LogP contribution in [0.1, 0.15) is 15.9 Å². The van der Waals surface area contributed by atoms with Crippen LogP contribution in [0.25, 0.3) is 0 Å². The van der Waals surface area contributed by atoms with Gasteiger partial charge in [0.2, 0.25) is 0 Å². The molecular weight excluding hydrogens is 236 g/mol. The van der Waals surface area contributed by atoms with Gasteiger partial charge >= 0.3 is 5.91 Å². The van der Waals surface area contributed by atoms with Crippen molar-refractivity contribution in [3.63, 3.8) is 0 Å². The van der Waals surface area contributed by atoms with E-state index in [1.54, 1.807) is 17.1 Å². The molecule has 1 amide bonds. The van der Waals surface area contributed by atoms with Crippen LogP contribution in [0.2, 0.25) is 0 Å². The molecule has 3 nitrogen and oxygen atoms in total. The van der Waals surface area contributed by atoms with Gasteiger partial charge in [0.15, 0.2) is 12.4 Å². The summed E-state index contributed by atoms with van der Waals surface area (Å²) in [5.74, 6) is -0.115. The van der Waals surface area contributed by atoms with Gasteiger partial charge in [0.25, 0.3) is 0 Å². The molecule has 2 aromatic rings. The van der Waals surface area contributed by atoms with E-state index in [2.05, 4.69) is 5.43 Å². The molecule has 0 bridgehead atoms. The van der Waals surface area contributed by atoms with Crippen LogP contribution in [0, 0.1) is 6.92 Å². The van der Waals surface area contributed by atoms with Gasteiger partial charge in [-0.25, -0.2) is 0 Å². The average molecular weight is 249 g/mol. The lowest BCUT2D eigenvalue weighted by molar-refractivity contribution is -0.641. The standard InChI is InChI=1S/C13H12N2O.ClH/c1-11-5-7-12(8-6-11)13(16)14-15-9-3-2-4-10-15;/h2-10H,1H3;1H. The number of rotatable bonds is 2. The number of amides is 1. The highest BCUT2D eigenvalue weighted by atomic mass is 35.5. The van der Waals surface area contributed by atoms with Crippen molar-refractivity contribution in [1.29, 1.82) is 0 Å². The Morgan fingerprint density at radius 2 is 1.65 bits per heavy atom. The lowest BCUT2D eigenvalue weighted by atomic mass is 10.1. The van der Waals surface area contributed by atoms with Crippen LogP contribution < -0.4 is 22.5 Å². The third kappa shape index (κ3) is 3.57. The van der Waals surface area contributed by atoms with E-state index in [0.717, 1.165) is 5.56 Å². The summed E-state index contributed by atoms with van der Waals surface area (Å²) < 4.78 is 1.63. The summed E-state index contributed by atoms with van der Waals surface area (Å²) in [5, 5.41) is 0. The number of carbonyl (C=O) groups is 1. The number of hydrogen-bond donors (Lipinski definition) is 1. The van der Waals surface area contributed by atoms with E-state index in [1.807, 2.05) is 49.4 Å². The predicted molar refractivity (Wildman–Crippen MR) is 61.5 cm³/mol. The lowest BCUT2D eigenvalue weighted by Crippen LogP contribution is -3.00. The minimum absolute atomic E-state index is 0. The summed E-state index contributed by atoms with van der Waals surface area (Å²) in [7, 11) is 0. The Morgan fingerprint density at radius 1 is 1.06 bits per heavy atom. The van der Waals surface area contributed by atoms with E-state index in [9.17, 15) is 4.79 Å². The molecule has 0 radical (unpaired) electrons. The van der Waals surface area contributed by atoms with Crippen molar-refractivity contribution in [3.05, 3.63) is 66.0 Å². The number of halogens is 1. The number of carbonyl (C=O) groups excluding carboxylic acids is 1.